The minimum absolute atomic E-state index is 0.562. The Bertz CT molecular complexity index is 327. The Kier molecular flexibility index (Phi) is 4.43. The fourth-order valence-corrected chi connectivity index (χ4v) is 2.67. The van der Waals surface area contributed by atoms with Crippen molar-refractivity contribution in [2.24, 2.45) is 0 Å². The third-order valence-corrected chi connectivity index (χ3v) is 3.58. The molecule has 94 valence electrons. The van der Waals surface area contributed by atoms with E-state index < -0.39 is 0 Å². The van der Waals surface area contributed by atoms with E-state index in [0.29, 0.717) is 6.04 Å². The van der Waals surface area contributed by atoms with Gasteiger partial charge in [-0.15, -0.1) is 0 Å². The van der Waals surface area contributed by atoms with Gasteiger partial charge in [-0.2, -0.15) is 0 Å². The van der Waals surface area contributed by atoms with Gasteiger partial charge in [-0.25, -0.2) is 0 Å². The summed E-state index contributed by atoms with van der Waals surface area (Å²) in [5.41, 5.74) is 1.38. The maximum atomic E-state index is 5.17. The molecule has 0 spiro atoms. The first kappa shape index (κ1) is 12.4. The zero-order chi connectivity index (χ0) is 12.1. The molecule has 0 radical (unpaired) electrons. The van der Waals surface area contributed by atoms with Crippen LogP contribution in [0.5, 0.6) is 5.75 Å². The van der Waals surface area contributed by atoms with Gasteiger partial charge >= 0.3 is 0 Å². The average Bonchev–Trinajstić information content (AvgIpc) is 2.82. The monoisotopic (exact) mass is 233 g/mol. The molecule has 1 atom stereocenters. The summed E-state index contributed by atoms with van der Waals surface area (Å²) in [6.45, 7) is 2.28. The molecule has 1 N–H and O–H groups in total. The third kappa shape index (κ3) is 3.74. The van der Waals surface area contributed by atoms with Crippen LogP contribution >= 0.6 is 0 Å². The zero-order valence-corrected chi connectivity index (χ0v) is 10.9. The van der Waals surface area contributed by atoms with E-state index >= 15 is 0 Å². The lowest BCUT2D eigenvalue weighted by molar-refractivity contribution is 0.414. The van der Waals surface area contributed by atoms with Crippen LogP contribution in [0.25, 0.3) is 0 Å². The van der Waals surface area contributed by atoms with Crippen molar-refractivity contribution in [3.8, 4) is 5.75 Å². The van der Waals surface area contributed by atoms with Gasteiger partial charge in [0.15, 0.2) is 0 Å². The normalized spacial score (nSPS) is 18.2. The molecule has 0 heterocycles. The van der Waals surface area contributed by atoms with Gasteiger partial charge < -0.3 is 10.1 Å². The highest BCUT2D eigenvalue weighted by Crippen LogP contribution is 2.19. The molecule has 1 aliphatic carbocycles. The molecule has 17 heavy (non-hydrogen) atoms. The third-order valence-electron chi connectivity index (χ3n) is 3.58. The van der Waals surface area contributed by atoms with Gasteiger partial charge in [-0.05, 0) is 43.9 Å². The van der Waals surface area contributed by atoms with Crippen LogP contribution in [0.3, 0.4) is 0 Å². The van der Waals surface area contributed by atoms with E-state index in [4.69, 9.17) is 4.74 Å². The van der Waals surface area contributed by atoms with Crippen LogP contribution in [-0.4, -0.2) is 19.2 Å². The summed E-state index contributed by atoms with van der Waals surface area (Å²) in [6, 6.07) is 9.71. The smallest absolute Gasteiger partial charge is 0.118 e. The van der Waals surface area contributed by atoms with Crippen molar-refractivity contribution in [3.63, 3.8) is 0 Å². The van der Waals surface area contributed by atoms with E-state index in [2.05, 4.69) is 24.4 Å². The van der Waals surface area contributed by atoms with E-state index in [1.807, 2.05) is 12.1 Å². The molecule has 0 bridgehead atoms. The van der Waals surface area contributed by atoms with Gasteiger partial charge in [0.1, 0.15) is 5.75 Å². The molecular weight excluding hydrogens is 210 g/mol. The minimum atomic E-state index is 0.562. The molecule has 2 nitrogen and oxygen atoms in total. The number of nitrogens with one attached hydrogen (secondary N) is 1. The van der Waals surface area contributed by atoms with Gasteiger partial charge in [0.2, 0.25) is 0 Å². The molecule has 1 saturated carbocycles. The number of benzene rings is 1. The second-order valence-corrected chi connectivity index (χ2v) is 5.10. The summed E-state index contributed by atoms with van der Waals surface area (Å²) >= 11 is 0. The van der Waals surface area contributed by atoms with Crippen LogP contribution in [0.1, 0.15) is 38.2 Å². The Morgan fingerprint density at radius 3 is 2.47 bits per heavy atom. The molecule has 1 aromatic carbocycles. The van der Waals surface area contributed by atoms with Crippen molar-refractivity contribution in [2.75, 3.05) is 7.11 Å². The Balaban J connectivity index is 1.81. The molecule has 0 aromatic heterocycles. The first-order chi connectivity index (χ1) is 8.28. The Morgan fingerprint density at radius 2 is 1.88 bits per heavy atom. The number of methoxy groups -OCH3 is 1. The van der Waals surface area contributed by atoms with E-state index in [0.717, 1.165) is 18.2 Å². The Hall–Kier alpha value is -1.02. The summed E-state index contributed by atoms with van der Waals surface area (Å²) in [7, 11) is 1.71. The van der Waals surface area contributed by atoms with Gasteiger partial charge in [0.25, 0.3) is 0 Å². The first-order valence-corrected chi connectivity index (χ1v) is 6.67. The van der Waals surface area contributed by atoms with Crippen LogP contribution < -0.4 is 10.1 Å². The first-order valence-electron chi connectivity index (χ1n) is 6.67. The van der Waals surface area contributed by atoms with Crippen molar-refractivity contribution < 1.29 is 4.74 Å². The highest BCUT2D eigenvalue weighted by molar-refractivity contribution is 5.27. The van der Waals surface area contributed by atoms with Crippen molar-refractivity contribution in [2.45, 2.75) is 51.1 Å². The maximum absolute atomic E-state index is 5.17. The van der Waals surface area contributed by atoms with Crippen LogP contribution in [0, 0.1) is 0 Å². The summed E-state index contributed by atoms with van der Waals surface area (Å²) in [4.78, 5) is 0. The maximum Gasteiger partial charge on any atom is 0.118 e. The van der Waals surface area contributed by atoms with Gasteiger partial charge in [0, 0.05) is 12.1 Å². The highest BCUT2D eigenvalue weighted by atomic mass is 16.5. The lowest BCUT2D eigenvalue weighted by atomic mass is 10.1. The molecular formula is C15H23NO. The second kappa shape index (κ2) is 6.06. The summed E-state index contributed by atoms with van der Waals surface area (Å²) in [6.07, 6.45) is 6.60. The highest BCUT2D eigenvalue weighted by Gasteiger charge is 2.16. The molecule has 2 heteroatoms. The van der Waals surface area contributed by atoms with Crippen LogP contribution in [-0.2, 0) is 6.42 Å². The van der Waals surface area contributed by atoms with E-state index in [-0.39, 0.29) is 0 Å². The predicted octanol–water partition coefficient (Wildman–Crippen LogP) is 3.16. The molecule has 1 fully saturated rings. The lowest BCUT2D eigenvalue weighted by Crippen LogP contribution is -2.35. The quantitative estimate of drug-likeness (QED) is 0.843. The molecule has 1 unspecified atom stereocenters. The van der Waals surface area contributed by atoms with E-state index in [1.54, 1.807) is 7.11 Å². The van der Waals surface area contributed by atoms with Crippen LogP contribution in [0.4, 0.5) is 0 Å². The average molecular weight is 233 g/mol. The van der Waals surface area contributed by atoms with E-state index in [9.17, 15) is 0 Å². The SMILES string of the molecule is COc1ccc(CC(C)NC2CCCC2)cc1. The molecule has 0 saturated heterocycles. The molecule has 1 aromatic rings. The van der Waals surface area contributed by atoms with Crippen molar-refractivity contribution >= 4 is 0 Å². The molecule has 2 rings (SSSR count). The minimum Gasteiger partial charge on any atom is -0.497 e. The van der Waals surface area contributed by atoms with Crippen LogP contribution in [0.15, 0.2) is 24.3 Å². The second-order valence-electron chi connectivity index (χ2n) is 5.10. The number of hydrogen-bond donors (Lipinski definition) is 1. The molecule has 0 aliphatic heterocycles. The fraction of sp³-hybridized carbons (Fsp3) is 0.600. The lowest BCUT2D eigenvalue weighted by Gasteiger charge is -2.19. The standard InChI is InChI=1S/C15H23NO/c1-12(16-14-5-3-4-6-14)11-13-7-9-15(17-2)10-8-13/h7-10,12,14,16H,3-6,11H2,1-2H3. The van der Waals surface area contributed by atoms with Crippen molar-refractivity contribution in [1.82, 2.24) is 5.32 Å². The van der Waals surface area contributed by atoms with E-state index in [1.165, 1.54) is 31.2 Å². The Morgan fingerprint density at radius 1 is 1.24 bits per heavy atom. The largest absolute Gasteiger partial charge is 0.497 e. The van der Waals surface area contributed by atoms with Crippen LogP contribution in [0.2, 0.25) is 0 Å². The topological polar surface area (TPSA) is 21.3 Å². The summed E-state index contributed by atoms with van der Waals surface area (Å²) < 4.78 is 5.17. The zero-order valence-electron chi connectivity index (χ0n) is 10.9. The number of ether oxygens (including phenoxy) is 1. The summed E-state index contributed by atoms with van der Waals surface area (Å²) in [5.74, 6) is 0.935. The summed E-state index contributed by atoms with van der Waals surface area (Å²) in [5, 5.41) is 3.72. The Labute approximate surface area is 104 Å². The van der Waals surface area contributed by atoms with Crippen molar-refractivity contribution in [3.05, 3.63) is 29.8 Å². The van der Waals surface area contributed by atoms with Gasteiger partial charge in [-0.1, -0.05) is 25.0 Å². The fourth-order valence-electron chi connectivity index (χ4n) is 2.67. The number of hydrogen-bond acceptors (Lipinski definition) is 2. The van der Waals surface area contributed by atoms with Crippen molar-refractivity contribution in [1.29, 1.82) is 0 Å². The number of rotatable bonds is 5. The van der Waals surface area contributed by atoms with Gasteiger partial charge in [-0.3, -0.25) is 0 Å². The van der Waals surface area contributed by atoms with Gasteiger partial charge in [0.05, 0.1) is 7.11 Å². The molecule has 1 aliphatic rings. The predicted molar refractivity (Wildman–Crippen MR) is 71.6 cm³/mol. The molecule has 0 amide bonds.